The second-order valence-electron chi connectivity index (χ2n) is 4.65. The molecular formula is C15H17NO2. The summed E-state index contributed by atoms with van der Waals surface area (Å²) in [6.45, 7) is 6.00. The zero-order valence-corrected chi connectivity index (χ0v) is 10.9. The predicted octanol–water partition coefficient (Wildman–Crippen LogP) is 3.23. The molecule has 0 radical (unpaired) electrons. The molecule has 0 aliphatic heterocycles. The number of rotatable bonds is 4. The molecule has 2 rings (SSSR count). The zero-order chi connectivity index (χ0) is 13.2. The number of pyridine rings is 1. The van der Waals surface area contributed by atoms with Crippen molar-refractivity contribution in [2.45, 2.75) is 26.4 Å². The van der Waals surface area contributed by atoms with Gasteiger partial charge in [0.1, 0.15) is 5.60 Å². The van der Waals surface area contributed by atoms with Crippen molar-refractivity contribution in [1.82, 2.24) is 4.98 Å². The van der Waals surface area contributed by atoms with Gasteiger partial charge in [-0.15, -0.1) is 0 Å². The van der Waals surface area contributed by atoms with Crippen LogP contribution in [0, 0.1) is 0 Å². The van der Waals surface area contributed by atoms with E-state index < -0.39 is 5.60 Å². The second-order valence-corrected chi connectivity index (χ2v) is 4.65. The van der Waals surface area contributed by atoms with Crippen molar-refractivity contribution < 1.29 is 9.53 Å². The van der Waals surface area contributed by atoms with Crippen LogP contribution < -0.4 is 0 Å². The minimum Gasteiger partial charge on any atom is -0.368 e. The van der Waals surface area contributed by atoms with E-state index in [0.717, 1.165) is 10.9 Å². The molecule has 3 nitrogen and oxygen atoms in total. The molecule has 0 aliphatic rings. The maximum Gasteiger partial charge on any atom is 0.194 e. The van der Waals surface area contributed by atoms with Crippen molar-refractivity contribution >= 4 is 16.7 Å². The topological polar surface area (TPSA) is 39.2 Å². The van der Waals surface area contributed by atoms with E-state index in [0.29, 0.717) is 12.2 Å². The lowest BCUT2D eigenvalue weighted by Gasteiger charge is -2.23. The molecule has 0 saturated heterocycles. The van der Waals surface area contributed by atoms with Crippen molar-refractivity contribution in [2.75, 3.05) is 6.61 Å². The average molecular weight is 243 g/mol. The van der Waals surface area contributed by atoms with Gasteiger partial charge in [0.2, 0.25) is 0 Å². The molecule has 3 heteroatoms. The Balaban J connectivity index is 2.51. The third kappa shape index (κ3) is 2.27. The molecule has 18 heavy (non-hydrogen) atoms. The molecule has 0 aliphatic carbocycles. The summed E-state index contributed by atoms with van der Waals surface area (Å²) in [4.78, 5) is 16.8. The lowest BCUT2D eigenvalue weighted by Crippen LogP contribution is -2.35. The molecule has 0 fully saturated rings. The summed E-state index contributed by atoms with van der Waals surface area (Å²) in [6.07, 6.45) is 1.73. The molecule has 1 heterocycles. The Bertz CT molecular complexity index is 570. The molecule has 0 bridgehead atoms. The predicted molar refractivity (Wildman–Crippen MR) is 71.8 cm³/mol. The van der Waals surface area contributed by atoms with Crippen LogP contribution in [0.2, 0.25) is 0 Å². The van der Waals surface area contributed by atoms with Crippen LogP contribution in [0.3, 0.4) is 0 Å². The monoisotopic (exact) mass is 243 g/mol. The van der Waals surface area contributed by atoms with Gasteiger partial charge < -0.3 is 4.74 Å². The Hall–Kier alpha value is -1.74. The first-order valence-electron chi connectivity index (χ1n) is 6.09. The van der Waals surface area contributed by atoms with Crippen molar-refractivity contribution in [3.63, 3.8) is 0 Å². The quantitative estimate of drug-likeness (QED) is 0.774. The fraction of sp³-hybridized carbons (Fsp3) is 0.333. The number of fused-ring (bicyclic) bond motifs is 1. The fourth-order valence-electron chi connectivity index (χ4n) is 2.05. The van der Waals surface area contributed by atoms with Crippen LogP contribution in [0.1, 0.15) is 31.1 Å². The number of aromatic nitrogens is 1. The van der Waals surface area contributed by atoms with Crippen LogP contribution in [0.5, 0.6) is 0 Å². The number of hydrogen-bond donors (Lipinski definition) is 0. The lowest BCUT2D eigenvalue weighted by molar-refractivity contribution is 0.00139. The highest BCUT2D eigenvalue weighted by molar-refractivity contribution is 6.11. The van der Waals surface area contributed by atoms with Gasteiger partial charge in [0, 0.05) is 23.8 Å². The summed E-state index contributed by atoms with van der Waals surface area (Å²) in [5.74, 6) is -0.0112. The van der Waals surface area contributed by atoms with Gasteiger partial charge in [-0.2, -0.15) is 0 Å². The van der Waals surface area contributed by atoms with Crippen LogP contribution in [-0.2, 0) is 4.74 Å². The molecular weight excluding hydrogens is 226 g/mol. The molecule has 0 amide bonds. The summed E-state index contributed by atoms with van der Waals surface area (Å²) in [6, 6.07) is 9.34. The standard InChI is InChI=1S/C15H17NO2/c1-4-18-15(2,3)14(17)12-7-5-9-13-11(12)8-6-10-16-13/h5-10H,4H2,1-3H3. The van der Waals surface area contributed by atoms with Crippen LogP contribution in [0.4, 0.5) is 0 Å². The van der Waals surface area contributed by atoms with E-state index in [2.05, 4.69) is 4.98 Å². The van der Waals surface area contributed by atoms with Gasteiger partial charge in [0.05, 0.1) is 5.52 Å². The largest absolute Gasteiger partial charge is 0.368 e. The molecule has 0 unspecified atom stereocenters. The number of carbonyl (C=O) groups excluding carboxylic acids is 1. The number of benzene rings is 1. The normalized spacial score (nSPS) is 11.7. The van der Waals surface area contributed by atoms with E-state index in [1.54, 1.807) is 20.0 Å². The van der Waals surface area contributed by atoms with Crippen LogP contribution in [-0.4, -0.2) is 23.0 Å². The van der Waals surface area contributed by atoms with Gasteiger partial charge in [-0.05, 0) is 32.9 Å². The maximum absolute atomic E-state index is 12.5. The summed E-state index contributed by atoms with van der Waals surface area (Å²) >= 11 is 0. The number of carbonyl (C=O) groups is 1. The number of ketones is 1. The molecule has 0 N–H and O–H groups in total. The smallest absolute Gasteiger partial charge is 0.194 e. The average Bonchev–Trinajstić information content (AvgIpc) is 2.37. The Kier molecular flexibility index (Phi) is 3.43. The number of nitrogens with zero attached hydrogens (tertiary/aromatic N) is 1. The molecule has 94 valence electrons. The van der Waals surface area contributed by atoms with Crippen molar-refractivity contribution in [1.29, 1.82) is 0 Å². The number of ether oxygens (including phenoxy) is 1. The summed E-state index contributed by atoms with van der Waals surface area (Å²) in [5.41, 5.74) is 0.688. The van der Waals surface area contributed by atoms with Crippen molar-refractivity contribution in [2.24, 2.45) is 0 Å². The van der Waals surface area contributed by atoms with Gasteiger partial charge in [0.25, 0.3) is 0 Å². The van der Waals surface area contributed by atoms with Gasteiger partial charge in [-0.3, -0.25) is 9.78 Å². The third-order valence-electron chi connectivity index (χ3n) is 2.94. The van der Waals surface area contributed by atoms with Crippen LogP contribution in [0.25, 0.3) is 10.9 Å². The number of hydrogen-bond acceptors (Lipinski definition) is 3. The van der Waals surface area contributed by atoms with Crippen molar-refractivity contribution in [3.8, 4) is 0 Å². The Morgan fingerprint density at radius 2 is 2.06 bits per heavy atom. The van der Waals surface area contributed by atoms with Crippen LogP contribution >= 0.6 is 0 Å². The Morgan fingerprint density at radius 3 is 2.78 bits per heavy atom. The highest BCUT2D eigenvalue weighted by atomic mass is 16.5. The Morgan fingerprint density at radius 1 is 1.28 bits per heavy atom. The Labute approximate surface area is 107 Å². The van der Waals surface area contributed by atoms with E-state index in [4.69, 9.17) is 4.74 Å². The minimum atomic E-state index is -0.807. The van der Waals surface area contributed by atoms with Crippen LogP contribution in [0.15, 0.2) is 36.5 Å². The number of Topliss-reactive ketones (excluding diaryl/α,β-unsaturated/α-hetero) is 1. The molecule has 2 aromatic rings. The maximum atomic E-state index is 12.5. The van der Waals surface area contributed by atoms with Crippen molar-refractivity contribution in [3.05, 3.63) is 42.1 Å². The minimum absolute atomic E-state index is 0.0112. The van der Waals surface area contributed by atoms with E-state index in [9.17, 15) is 4.79 Å². The second kappa shape index (κ2) is 4.86. The third-order valence-corrected chi connectivity index (χ3v) is 2.94. The van der Waals surface area contributed by atoms with Gasteiger partial charge in [-0.1, -0.05) is 18.2 Å². The van der Waals surface area contributed by atoms with E-state index >= 15 is 0 Å². The van der Waals surface area contributed by atoms with Gasteiger partial charge in [0.15, 0.2) is 5.78 Å². The first kappa shape index (κ1) is 12.7. The van der Waals surface area contributed by atoms with Gasteiger partial charge >= 0.3 is 0 Å². The first-order valence-corrected chi connectivity index (χ1v) is 6.09. The SMILES string of the molecule is CCOC(C)(C)C(=O)c1cccc2ncccc12. The highest BCUT2D eigenvalue weighted by Gasteiger charge is 2.30. The van der Waals surface area contributed by atoms with E-state index in [1.165, 1.54) is 0 Å². The summed E-state index contributed by atoms with van der Waals surface area (Å²) in [7, 11) is 0. The molecule has 0 spiro atoms. The first-order chi connectivity index (χ1) is 8.56. The molecule has 1 aromatic carbocycles. The summed E-state index contributed by atoms with van der Waals surface area (Å²) < 4.78 is 5.52. The van der Waals surface area contributed by atoms with E-state index in [1.807, 2.05) is 37.3 Å². The summed E-state index contributed by atoms with van der Waals surface area (Å²) in [5, 5.41) is 0.873. The molecule has 1 aromatic heterocycles. The molecule has 0 atom stereocenters. The molecule has 0 saturated carbocycles. The lowest BCUT2D eigenvalue weighted by atomic mass is 9.93. The van der Waals surface area contributed by atoms with E-state index in [-0.39, 0.29) is 5.78 Å². The zero-order valence-electron chi connectivity index (χ0n) is 10.9. The van der Waals surface area contributed by atoms with Gasteiger partial charge in [-0.25, -0.2) is 0 Å². The highest BCUT2D eigenvalue weighted by Crippen LogP contribution is 2.23. The fourth-order valence-corrected chi connectivity index (χ4v) is 2.05.